The molecule has 0 saturated heterocycles. The molecule has 122 valence electrons. The molecule has 3 aromatic rings. The predicted molar refractivity (Wildman–Crippen MR) is 87.4 cm³/mol. The number of nitrogens with zero attached hydrogens (tertiary/aromatic N) is 4. The summed E-state index contributed by atoms with van der Waals surface area (Å²) < 4.78 is 27.9. The fourth-order valence-corrected chi connectivity index (χ4v) is 4.24. The lowest BCUT2D eigenvalue weighted by atomic mass is 10.2. The fourth-order valence-electron chi connectivity index (χ4n) is 2.25. The third-order valence-corrected chi connectivity index (χ3v) is 5.79. The molecule has 9 heteroatoms. The molecule has 23 heavy (non-hydrogen) atoms. The van der Waals surface area contributed by atoms with Crippen molar-refractivity contribution in [2.75, 3.05) is 0 Å². The van der Waals surface area contributed by atoms with Crippen molar-refractivity contribution in [3.05, 3.63) is 39.0 Å². The Morgan fingerprint density at radius 1 is 1.39 bits per heavy atom. The first-order valence-corrected chi connectivity index (χ1v) is 8.59. The van der Waals surface area contributed by atoms with E-state index >= 15 is 0 Å². The second kappa shape index (κ2) is 6.04. The molecule has 0 atom stereocenters. The molecule has 0 N–H and O–H groups in total. The molecule has 0 radical (unpaired) electrons. The van der Waals surface area contributed by atoms with Gasteiger partial charge in [0.15, 0.2) is 5.16 Å². The topological polar surface area (TPSA) is 52.7 Å². The molecule has 3 aromatic heterocycles. The van der Waals surface area contributed by atoms with Crippen LogP contribution in [0.2, 0.25) is 0 Å². The molecular formula is C14H14F2N4OS2. The second-order valence-electron chi connectivity index (χ2n) is 5.04. The molecule has 0 aliphatic heterocycles. The van der Waals surface area contributed by atoms with Crippen LogP contribution in [-0.4, -0.2) is 19.1 Å². The molecule has 3 heterocycles. The van der Waals surface area contributed by atoms with Crippen molar-refractivity contribution in [3.8, 4) is 0 Å². The summed E-state index contributed by atoms with van der Waals surface area (Å²) in [6.45, 7) is 1.23. The van der Waals surface area contributed by atoms with Crippen LogP contribution in [0.5, 0.6) is 0 Å². The summed E-state index contributed by atoms with van der Waals surface area (Å²) in [5.74, 6) is 0.463. The lowest BCUT2D eigenvalue weighted by molar-refractivity contribution is 0.0678. The highest BCUT2D eigenvalue weighted by Gasteiger charge is 2.16. The average Bonchev–Trinajstić information content (AvgIpc) is 3.07. The van der Waals surface area contributed by atoms with Crippen LogP contribution in [0.15, 0.2) is 22.3 Å². The minimum Gasteiger partial charge on any atom is -0.290 e. The van der Waals surface area contributed by atoms with E-state index in [4.69, 9.17) is 0 Å². The molecule has 0 bridgehead atoms. The number of alkyl halides is 2. The maximum atomic E-state index is 12.8. The molecule has 0 fully saturated rings. The maximum absolute atomic E-state index is 12.8. The van der Waals surface area contributed by atoms with E-state index in [9.17, 15) is 13.6 Å². The molecule has 5 nitrogen and oxygen atoms in total. The molecule has 3 rings (SSSR count). The van der Waals surface area contributed by atoms with Gasteiger partial charge in [-0.25, -0.2) is 9.97 Å². The smallest absolute Gasteiger partial charge is 0.290 e. The first kappa shape index (κ1) is 16.1. The van der Waals surface area contributed by atoms with E-state index in [1.54, 1.807) is 7.05 Å². The quantitative estimate of drug-likeness (QED) is 0.530. The Morgan fingerprint density at radius 2 is 2.13 bits per heavy atom. The van der Waals surface area contributed by atoms with Gasteiger partial charge in [-0.15, -0.1) is 11.3 Å². The van der Waals surface area contributed by atoms with Gasteiger partial charge in [0.1, 0.15) is 10.7 Å². The number of aromatic nitrogens is 4. The van der Waals surface area contributed by atoms with Gasteiger partial charge in [0.05, 0.1) is 11.1 Å². The summed E-state index contributed by atoms with van der Waals surface area (Å²) in [5, 5.41) is 1.13. The molecular weight excluding hydrogens is 342 g/mol. The van der Waals surface area contributed by atoms with Crippen LogP contribution in [-0.2, 0) is 12.8 Å². The Bertz CT molecular complexity index is 929. The van der Waals surface area contributed by atoms with Gasteiger partial charge in [-0.3, -0.25) is 13.9 Å². The van der Waals surface area contributed by atoms with Gasteiger partial charge in [-0.2, -0.15) is 8.78 Å². The van der Waals surface area contributed by atoms with Gasteiger partial charge in [-0.05, 0) is 19.4 Å². The van der Waals surface area contributed by atoms with Crippen LogP contribution in [0.25, 0.3) is 10.2 Å². The van der Waals surface area contributed by atoms with Gasteiger partial charge >= 0.3 is 6.55 Å². The number of hydrogen-bond donors (Lipinski definition) is 0. The molecule has 0 aromatic carbocycles. The largest absolute Gasteiger partial charge is 0.319 e. The third kappa shape index (κ3) is 2.78. The summed E-state index contributed by atoms with van der Waals surface area (Å²) in [7, 11) is 1.64. The zero-order chi connectivity index (χ0) is 16.7. The third-order valence-electron chi connectivity index (χ3n) is 3.66. The minimum absolute atomic E-state index is 0.114. The van der Waals surface area contributed by atoms with E-state index in [0.717, 1.165) is 15.0 Å². The van der Waals surface area contributed by atoms with Crippen LogP contribution in [0.4, 0.5) is 8.78 Å². The summed E-state index contributed by atoms with van der Waals surface area (Å²) in [4.78, 5) is 22.7. The predicted octanol–water partition coefficient (Wildman–Crippen LogP) is 3.50. The SMILES string of the molecule is Cc1sc2nc(SCc3nccn3C(F)F)n(C)c(=O)c2c1C. The molecule has 0 spiro atoms. The van der Waals surface area contributed by atoms with Crippen LogP contribution in [0.3, 0.4) is 0 Å². The van der Waals surface area contributed by atoms with Crippen molar-refractivity contribution in [2.24, 2.45) is 7.05 Å². The van der Waals surface area contributed by atoms with E-state index in [1.165, 1.54) is 40.1 Å². The van der Waals surface area contributed by atoms with E-state index in [1.807, 2.05) is 13.8 Å². The lowest BCUT2D eigenvalue weighted by Gasteiger charge is -2.08. The number of rotatable bonds is 4. The Hall–Kier alpha value is -1.74. The minimum atomic E-state index is -2.63. The summed E-state index contributed by atoms with van der Waals surface area (Å²) >= 11 is 2.69. The van der Waals surface area contributed by atoms with E-state index in [0.29, 0.717) is 15.4 Å². The lowest BCUT2D eigenvalue weighted by Crippen LogP contribution is -2.20. The standard InChI is InChI=1S/C14H14F2N4OS2/c1-7-8(2)23-11-10(7)12(21)19(3)14(18-11)22-6-9-17-4-5-20(9)13(15)16/h4-5,13H,6H2,1-3H3. The van der Waals surface area contributed by atoms with Gasteiger partial charge in [-0.1, -0.05) is 11.8 Å². The molecule has 0 saturated carbocycles. The Labute approximate surface area is 139 Å². The normalized spacial score (nSPS) is 11.7. The molecule has 0 unspecified atom stereocenters. The number of fused-ring (bicyclic) bond motifs is 1. The number of halogens is 2. The monoisotopic (exact) mass is 356 g/mol. The highest BCUT2D eigenvalue weighted by Crippen LogP contribution is 2.29. The van der Waals surface area contributed by atoms with E-state index in [-0.39, 0.29) is 17.1 Å². The van der Waals surface area contributed by atoms with Gasteiger partial charge < -0.3 is 0 Å². The van der Waals surface area contributed by atoms with Crippen molar-refractivity contribution < 1.29 is 8.78 Å². The summed E-state index contributed by atoms with van der Waals surface area (Å²) in [6, 6.07) is 0. The first-order chi connectivity index (χ1) is 10.9. The van der Waals surface area contributed by atoms with Crippen LogP contribution in [0, 0.1) is 13.8 Å². The van der Waals surface area contributed by atoms with Crippen molar-refractivity contribution in [1.29, 1.82) is 0 Å². The van der Waals surface area contributed by atoms with Gasteiger partial charge in [0, 0.05) is 24.3 Å². The van der Waals surface area contributed by atoms with E-state index in [2.05, 4.69) is 9.97 Å². The Balaban J connectivity index is 1.96. The summed E-state index contributed by atoms with van der Waals surface area (Å²) in [5.41, 5.74) is 0.833. The number of thiophene rings is 1. The number of thioether (sulfide) groups is 1. The first-order valence-electron chi connectivity index (χ1n) is 6.79. The maximum Gasteiger partial charge on any atom is 0.319 e. The van der Waals surface area contributed by atoms with Crippen molar-refractivity contribution >= 4 is 33.3 Å². The zero-order valence-electron chi connectivity index (χ0n) is 12.7. The van der Waals surface area contributed by atoms with Crippen LogP contribution >= 0.6 is 23.1 Å². The fraction of sp³-hybridized carbons (Fsp3) is 0.357. The number of hydrogen-bond acceptors (Lipinski definition) is 5. The number of imidazole rings is 1. The highest BCUT2D eigenvalue weighted by molar-refractivity contribution is 7.98. The van der Waals surface area contributed by atoms with Gasteiger partial charge in [0.25, 0.3) is 5.56 Å². The van der Waals surface area contributed by atoms with Gasteiger partial charge in [0.2, 0.25) is 0 Å². The Morgan fingerprint density at radius 3 is 2.83 bits per heavy atom. The van der Waals surface area contributed by atoms with Crippen molar-refractivity contribution in [2.45, 2.75) is 31.3 Å². The molecule has 0 aliphatic carbocycles. The molecule has 0 aliphatic rings. The second-order valence-corrected chi connectivity index (χ2v) is 7.18. The molecule has 0 amide bonds. The van der Waals surface area contributed by atoms with Crippen molar-refractivity contribution in [1.82, 2.24) is 19.1 Å². The summed E-state index contributed by atoms with van der Waals surface area (Å²) in [6.07, 6.45) is 2.58. The number of aryl methyl sites for hydroxylation is 2. The van der Waals surface area contributed by atoms with Crippen molar-refractivity contribution in [3.63, 3.8) is 0 Å². The zero-order valence-corrected chi connectivity index (χ0v) is 14.3. The van der Waals surface area contributed by atoms with Crippen LogP contribution in [0.1, 0.15) is 22.8 Å². The average molecular weight is 356 g/mol. The van der Waals surface area contributed by atoms with Crippen LogP contribution < -0.4 is 5.56 Å². The Kier molecular flexibility index (Phi) is 4.24. The highest BCUT2D eigenvalue weighted by atomic mass is 32.2. The van der Waals surface area contributed by atoms with E-state index < -0.39 is 6.55 Å².